The molecule has 0 saturated carbocycles. The van der Waals surface area contributed by atoms with Gasteiger partial charge in [-0.3, -0.25) is 4.79 Å². The number of rotatable bonds is 6. The lowest BCUT2D eigenvalue weighted by Gasteiger charge is -2.26. The van der Waals surface area contributed by atoms with E-state index >= 15 is 0 Å². The Morgan fingerprint density at radius 2 is 1.94 bits per heavy atom. The van der Waals surface area contributed by atoms with Crippen molar-refractivity contribution in [3.63, 3.8) is 0 Å². The minimum atomic E-state index is -0.673. The molecule has 162 valence electrons. The summed E-state index contributed by atoms with van der Waals surface area (Å²) in [6.07, 6.45) is 3.87. The number of cyclic esters (lactones) is 1. The molecule has 1 aliphatic rings. The second-order valence-electron chi connectivity index (χ2n) is 8.08. The van der Waals surface area contributed by atoms with Crippen LogP contribution in [0.1, 0.15) is 50.3 Å². The van der Waals surface area contributed by atoms with E-state index in [1.807, 2.05) is 0 Å². The zero-order chi connectivity index (χ0) is 22.0. The van der Waals surface area contributed by atoms with Gasteiger partial charge in [0, 0.05) is 29.9 Å². The Morgan fingerprint density at radius 1 is 1.23 bits per heavy atom. The lowest BCUT2D eigenvalue weighted by molar-refractivity contribution is -0.160. The highest BCUT2D eigenvalue weighted by Crippen LogP contribution is 2.34. The van der Waals surface area contributed by atoms with E-state index in [4.69, 9.17) is 9.84 Å². The van der Waals surface area contributed by atoms with Crippen molar-refractivity contribution in [1.29, 1.82) is 0 Å². The third kappa shape index (κ3) is 4.64. The predicted molar refractivity (Wildman–Crippen MR) is 112 cm³/mol. The van der Waals surface area contributed by atoms with E-state index in [0.29, 0.717) is 25.2 Å². The Bertz CT molecular complexity index is 1050. The van der Waals surface area contributed by atoms with Gasteiger partial charge in [-0.1, -0.05) is 13.8 Å². The van der Waals surface area contributed by atoms with Gasteiger partial charge in [0.1, 0.15) is 11.9 Å². The van der Waals surface area contributed by atoms with Crippen LogP contribution in [-0.2, 0) is 16.0 Å². The number of carbonyl (C=O) groups is 1. The SMILES string of the molecule is CC(C)c1nn(-c2ncccn2)c(-c2ccc(F)cc2)c1CC[C@@H]1C[C@@H](O)CC(=O)O1. The third-order valence-electron chi connectivity index (χ3n) is 5.37. The highest BCUT2D eigenvalue weighted by molar-refractivity contribution is 5.71. The summed E-state index contributed by atoms with van der Waals surface area (Å²) in [5, 5.41) is 14.7. The molecule has 1 aromatic carbocycles. The van der Waals surface area contributed by atoms with Crippen LogP contribution in [0.25, 0.3) is 17.2 Å². The second kappa shape index (κ2) is 8.93. The molecule has 4 rings (SSSR count). The van der Waals surface area contributed by atoms with Gasteiger partial charge in [-0.25, -0.2) is 14.4 Å². The average molecular weight is 424 g/mol. The van der Waals surface area contributed by atoms with E-state index in [2.05, 4.69) is 23.8 Å². The van der Waals surface area contributed by atoms with Crippen LogP contribution < -0.4 is 0 Å². The van der Waals surface area contributed by atoms with Gasteiger partial charge in [0.2, 0.25) is 0 Å². The lowest BCUT2D eigenvalue weighted by Crippen LogP contribution is -2.32. The fourth-order valence-electron chi connectivity index (χ4n) is 3.97. The molecule has 0 unspecified atom stereocenters. The van der Waals surface area contributed by atoms with Gasteiger partial charge in [-0.2, -0.15) is 9.78 Å². The first-order valence-corrected chi connectivity index (χ1v) is 10.4. The number of aromatic nitrogens is 4. The van der Waals surface area contributed by atoms with Crippen molar-refractivity contribution in [2.45, 2.75) is 57.7 Å². The van der Waals surface area contributed by atoms with Crippen LogP contribution >= 0.6 is 0 Å². The molecule has 0 amide bonds. The summed E-state index contributed by atoms with van der Waals surface area (Å²) in [6.45, 7) is 4.11. The Morgan fingerprint density at radius 3 is 2.58 bits per heavy atom. The van der Waals surface area contributed by atoms with Gasteiger partial charge in [-0.05, 0) is 49.1 Å². The van der Waals surface area contributed by atoms with Crippen LogP contribution in [0.4, 0.5) is 4.39 Å². The van der Waals surface area contributed by atoms with Crippen LogP contribution in [0.5, 0.6) is 0 Å². The molecule has 8 heteroatoms. The smallest absolute Gasteiger partial charge is 0.308 e. The first kappa shape index (κ1) is 21.1. The van der Waals surface area contributed by atoms with Crippen molar-refractivity contribution in [1.82, 2.24) is 19.7 Å². The predicted octanol–water partition coefficient (Wildman–Crippen LogP) is 3.59. The minimum Gasteiger partial charge on any atom is -0.462 e. The summed E-state index contributed by atoms with van der Waals surface area (Å²) in [5.74, 6) is -0.146. The number of ether oxygens (including phenoxy) is 1. The molecule has 2 atom stereocenters. The monoisotopic (exact) mass is 424 g/mol. The van der Waals surface area contributed by atoms with E-state index in [1.165, 1.54) is 12.1 Å². The van der Waals surface area contributed by atoms with E-state index in [-0.39, 0.29) is 30.2 Å². The summed E-state index contributed by atoms with van der Waals surface area (Å²) in [4.78, 5) is 20.4. The Hall–Kier alpha value is -3.13. The van der Waals surface area contributed by atoms with Crippen molar-refractivity contribution in [3.8, 4) is 17.2 Å². The molecule has 31 heavy (non-hydrogen) atoms. The number of hydrogen-bond donors (Lipinski definition) is 1. The second-order valence-corrected chi connectivity index (χ2v) is 8.08. The van der Waals surface area contributed by atoms with Crippen molar-refractivity contribution in [2.24, 2.45) is 0 Å². The van der Waals surface area contributed by atoms with Gasteiger partial charge < -0.3 is 9.84 Å². The van der Waals surface area contributed by atoms with Crippen LogP contribution in [0, 0.1) is 5.82 Å². The molecule has 3 heterocycles. The highest BCUT2D eigenvalue weighted by atomic mass is 19.1. The third-order valence-corrected chi connectivity index (χ3v) is 5.37. The average Bonchev–Trinajstić information content (AvgIpc) is 3.12. The molecule has 2 aromatic heterocycles. The Kier molecular flexibility index (Phi) is 6.08. The molecule has 1 aliphatic heterocycles. The number of halogens is 1. The quantitative estimate of drug-likeness (QED) is 0.608. The van der Waals surface area contributed by atoms with Crippen molar-refractivity contribution in [2.75, 3.05) is 0 Å². The Labute approximate surface area is 179 Å². The molecular weight excluding hydrogens is 399 g/mol. The van der Waals surface area contributed by atoms with Gasteiger partial charge in [0.05, 0.1) is 23.9 Å². The molecule has 3 aromatic rings. The van der Waals surface area contributed by atoms with Gasteiger partial charge in [0.15, 0.2) is 0 Å². The van der Waals surface area contributed by atoms with Crippen LogP contribution in [-0.4, -0.2) is 43.0 Å². The molecule has 0 bridgehead atoms. The number of nitrogens with zero attached hydrogens (tertiary/aromatic N) is 4. The molecule has 0 aliphatic carbocycles. The van der Waals surface area contributed by atoms with E-state index in [1.54, 1.807) is 35.3 Å². The van der Waals surface area contributed by atoms with Crippen LogP contribution in [0.2, 0.25) is 0 Å². The first-order chi connectivity index (χ1) is 14.9. The maximum atomic E-state index is 13.6. The molecule has 7 nitrogen and oxygen atoms in total. The molecule has 1 fully saturated rings. The lowest BCUT2D eigenvalue weighted by atomic mass is 9.93. The molecule has 0 spiro atoms. The first-order valence-electron chi connectivity index (χ1n) is 10.4. The van der Waals surface area contributed by atoms with Crippen molar-refractivity contribution >= 4 is 5.97 Å². The summed E-state index contributed by atoms with van der Waals surface area (Å²) in [5.41, 5.74) is 3.45. The van der Waals surface area contributed by atoms with Crippen LogP contribution in [0.3, 0.4) is 0 Å². The fraction of sp³-hybridized carbons (Fsp3) is 0.391. The number of aliphatic hydroxyl groups excluding tert-OH is 1. The van der Waals surface area contributed by atoms with E-state index in [9.17, 15) is 14.3 Å². The number of benzene rings is 1. The zero-order valence-corrected chi connectivity index (χ0v) is 17.5. The summed E-state index contributed by atoms with van der Waals surface area (Å²) >= 11 is 0. The van der Waals surface area contributed by atoms with Gasteiger partial charge >= 0.3 is 5.97 Å². The highest BCUT2D eigenvalue weighted by Gasteiger charge is 2.29. The zero-order valence-electron chi connectivity index (χ0n) is 17.5. The van der Waals surface area contributed by atoms with Gasteiger partial charge in [0.25, 0.3) is 5.95 Å². The Balaban J connectivity index is 1.77. The van der Waals surface area contributed by atoms with Crippen molar-refractivity contribution in [3.05, 3.63) is 59.8 Å². The molecular formula is C23H25FN4O3. The minimum absolute atomic E-state index is 0.0395. The van der Waals surface area contributed by atoms with Crippen LogP contribution in [0.15, 0.2) is 42.7 Å². The summed E-state index contributed by atoms with van der Waals surface area (Å²) < 4.78 is 20.7. The molecule has 0 radical (unpaired) electrons. The fourth-order valence-corrected chi connectivity index (χ4v) is 3.97. The number of hydrogen-bond acceptors (Lipinski definition) is 6. The maximum Gasteiger partial charge on any atom is 0.308 e. The summed E-state index contributed by atoms with van der Waals surface area (Å²) in [6, 6.07) is 7.98. The summed E-state index contributed by atoms with van der Waals surface area (Å²) in [7, 11) is 0. The largest absolute Gasteiger partial charge is 0.462 e. The number of aliphatic hydroxyl groups is 1. The van der Waals surface area contributed by atoms with Crippen molar-refractivity contribution < 1.29 is 19.0 Å². The normalized spacial score (nSPS) is 18.9. The van der Waals surface area contributed by atoms with E-state index in [0.717, 1.165) is 22.5 Å². The standard InChI is InChI=1S/C23H25FN4O3/c1-14(2)21-19(9-8-18-12-17(29)13-20(30)31-18)22(15-4-6-16(24)7-5-15)28(27-21)23-25-10-3-11-26-23/h3-7,10-11,14,17-18,29H,8-9,12-13H2,1-2H3/t17-,18-/m1/s1. The number of esters is 1. The molecule has 1 N–H and O–H groups in total. The van der Waals surface area contributed by atoms with Gasteiger partial charge in [-0.15, -0.1) is 0 Å². The van der Waals surface area contributed by atoms with E-state index < -0.39 is 6.10 Å². The maximum absolute atomic E-state index is 13.6. The molecule has 1 saturated heterocycles. The number of carbonyl (C=O) groups excluding carboxylic acids is 1. The topological polar surface area (TPSA) is 90.1 Å².